The van der Waals surface area contributed by atoms with Crippen LogP contribution < -0.4 is 0 Å². The molecule has 1 aromatic heterocycles. The lowest BCUT2D eigenvalue weighted by Gasteiger charge is -2.18. The van der Waals surface area contributed by atoms with E-state index in [4.69, 9.17) is 0 Å². The number of hydrogen-bond acceptors (Lipinski definition) is 0. The van der Waals surface area contributed by atoms with Crippen LogP contribution in [0.25, 0.3) is 43.4 Å². The molecule has 0 aliphatic rings. The maximum atomic E-state index is 2.27. The third-order valence-corrected chi connectivity index (χ3v) is 18.1. The van der Waals surface area contributed by atoms with Gasteiger partial charge in [-0.25, -0.2) is 0 Å². The summed E-state index contributed by atoms with van der Waals surface area (Å²) in [5.74, 6) is 1.47. The number of aromatic nitrogens is 1. The van der Waals surface area contributed by atoms with Crippen molar-refractivity contribution in [2.45, 2.75) is 189 Å². The van der Waals surface area contributed by atoms with Gasteiger partial charge in [0.05, 0.1) is 0 Å². The fraction of sp³-hybridized carbons (Fsp3) is 0.306. The van der Waals surface area contributed by atoms with E-state index in [2.05, 4.69) is 418 Å². The highest BCUT2D eigenvalue weighted by atomic mass is 14.9. The van der Waals surface area contributed by atoms with Crippen LogP contribution >= 0.6 is 0 Å². The van der Waals surface area contributed by atoms with Gasteiger partial charge in [-0.3, -0.25) is 0 Å². The molecule has 0 bridgehead atoms. The molecule has 0 fully saturated rings. The number of unbranched alkanes of at least 4 members (excludes halogenated alkanes) is 1. The van der Waals surface area contributed by atoms with Gasteiger partial charge >= 0.3 is 0 Å². The van der Waals surface area contributed by atoms with Crippen molar-refractivity contribution in [2.24, 2.45) is 13.0 Å². The molecular weight excluding hydrogens is 1190 g/mol. The van der Waals surface area contributed by atoms with Crippen LogP contribution in [-0.4, -0.2) is 4.57 Å². The van der Waals surface area contributed by atoms with Crippen molar-refractivity contribution >= 4 is 43.4 Å². The fourth-order valence-corrected chi connectivity index (χ4v) is 11.8. The van der Waals surface area contributed by atoms with E-state index in [1.54, 1.807) is 0 Å². The number of rotatable bonds is 7. The first-order chi connectivity index (χ1) is 47.1. The Bertz CT molecular complexity index is 4310. The predicted molar refractivity (Wildman–Crippen MR) is 443 cm³/mol. The van der Waals surface area contributed by atoms with Gasteiger partial charge in [0.15, 0.2) is 0 Å². The van der Waals surface area contributed by atoms with Gasteiger partial charge in [0.2, 0.25) is 0 Å². The Morgan fingerprint density at radius 2 is 0.727 bits per heavy atom. The molecule has 0 aliphatic heterocycles. The number of nitrogens with zero attached hydrogens (tertiary/aromatic N) is 1. The zero-order valence-electron chi connectivity index (χ0n) is 65.0. The average molecular weight is 1310 g/mol. The van der Waals surface area contributed by atoms with Gasteiger partial charge in [-0.2, -0.15) is 0 Å². The lowest BCUT2D eigenvalue weighted by atomic mass is 9.87. The van der Waals surface area contributed by atoms with Crippen molar-refractivity contribution in [1.82, 2.24) is 4.57 Å². The number of fused-ring (bicyclic) bond motifs is 5. The second-order valence-electron chi connectivity index (χ2n) is 28.9. The van der Waals surface area contributed by atoms with E-state index in [1.807, 2.05) is 0 Å². The van der Waals surface area contributed by atoms with E-state index in [0.717, 1.165) is 5.92 Å². The highest BCUT2D eigenvalue weighted by Crippen LogP contribution is 2.28. The smallest absolute Gasteiger partial charge is 0.0488 e. The summed E-state index contributed by atoms with van der Waals surface area (Å²) in [6.45, 7) is 45.7. The van der Waals surface area contributed by atoms with Crippen LogP contribution in [0.4, 0.5) is 0 Å². The molecule has 1 nitrogen and oxygen atoms in total. The molecule has 0 amide bonds. The summed E-state index contributed by atoms with van der Waals surface area (Å²) in [7, 11) is 2.12. The molecule has 13 aromatic rings. The van der Waals surface area contributed by atoms with E-state index in [0.29, 0.717) is 5.92 Å². The third-order valence-electron chi connectivity index (χ3n) is 18.1. The Labute approximate surface area is 601 Å². The van der Waals surface area contributed by atoms with Gasteiger partial charge in [-0.1, -0.05) is 361 Å². The molecule has 13 rings (SSSR count). The van der Waals surface area contributed by atoms with E-state index < -0.39 is 0 Å². The average Bonchev–Trinajstić information content (AvgIpc) is 1.63. The molecule has 0 saturated carbocycles. The van der Waals surface area contributed by atoms with Gasteiger partial charge in [-0.15, -0.1) is 0 Å². The van der Waals surface area contributed by atoms with Crippen molar-refractivity contribution in [3.05, 3.63) is 355 Å². The predicted octanol–water partition coefficient (Wildman–Crippen LogP) is 28.5. The van der Waals surface area contributed by atoms with Crippen molar-refractivity contribution < 1.29 is 0 Å². The largest absolute Gasteiger partial charge is 0.344 e. The Balaban J connectivity index is 0.000000201. The third kappa shape index (κ3) is 28.4. The monoisotopic (exact) mass is 1310 g/mol. The number of hydrogen-bond donors (Lipinski definition) is 0. The summed E-state index contributed by atoms with van der Waals surface area (Å²) in [5.41, 5.74) is 26.4. The Kier molecular flexibility index (Phi) is 33.7. The molecule has 0 N–H and O–H groups in total. The molecule has 518 valence electrons. The quantitative estimate of drug-likeness (QED) is 0.150. The van der Waals surface area contributed by atoms with Gasteiger partial charge in [0.25, 0.3) is 0 Å². The van der Waals surface area contributed by atoms with Crippen LogP contribution in [0.3, 0.4) is 0 Å². The van der Waals surface area contributed by atoms with Crippen LogP contribution in [0, 0.1) is 95.9 Å². The molecule has 1 heteroatoms. The zero-order valence-corrected chi connectivity index (χ0v) is 65.0. The topological polar surface area (TPSA) is 4.93 Å². The van der Waals surface area contributed by atoms with Crippen molar-refractivity contribution in [3.63, 3.8) is 0 Å². The molecule has 1 atom stereocenters. The molecule has 1 unspecified atom stereocenters. The normalized spacial score (nSPS) is 10.8. The molecule has 0 aliphatic carbocycles. The SMILES string of the molecule is CCC(C)c1ccc(C)cc1.CCCCc1ccc(C)cc1.Cc1cc(C)c(C)c(C)c1.Cc1cc(C)cc(C)c1.Cc1ccc(C(C)(C)C)cc1.Cc1ccc(CC(C)C)cc1.Cc1ccc2ccccc2c1.Cc1cccc2ccccc12.Cn1c2ccccc2c2ccccc21. The summed E-state index contributed by atoms with van der Waals surface area (Å²) >= 11 is 0. The minimum Gasteiger partial charge on any atom is -0.344 e. The van der Waals surface area contributed by atoms with Crippen molar-refractivity contribution in [2.75, 3.05) is 0 Å². The van der Waals surface area contributed by atoms with E-state index >= 15 is 0 Å². The molecule has 0 radical (unpaired) electrons. The zero-order chi connectivity index (χ0) is 72.6. The Hall–Kier alpha value is -9.04. The van der Waals surface area contributed by atoms with Crippen LogP contribution in [0.2, 0.25) is 0 Å². The second kappa shape index (κ2) is 41.4. The maximum Gasteiger partial charge on any atom is 0.0488 e. The van der Waals surface area contributed by atoms with Crippen LogP contribution in [-0.2, 0) is 25.3 Å². The Morgan fingerprint density at radius 3 is 1.18 bits per heavy atom. The minimum atomic E-state index is 0.285. The van der Waals surface area contributed by atoms with Gasteiger partial charge in [-0.05, 0) is 211 Å². The highest BCUT2D eigenvalue weighted by Gasteiger charge is 2.12. The second-order valence-corrected chi connectivity index (χ2v) is 28.9. The lowest BCUT2D eigenvalue weighted by Crippen LogP contribution is -2.10. The molecular formula is C98H121N. The number of benzene rings is 12. The summed E-state index contributed by atoms with van der Waals surface area (Å²) in [4.78, 5) is 0. The minimum absolute atomic E-state index is 0.285. The summed E-state index contributed by atoms with van der Waals surface area (Å²) in [6, 6.07) is 93.0. The van der Waals surface area contributed by atoms with Crippen molar-refractivity contribution in [3.8, 4) is 0 Å². The molecule has 99 heavy (non-hydrogen) atoms. The first kappa shape index (κ1) is 80.6. The first-order valence-corrected chi connectivity index (χ1v) is 36.3. The molecule has 1 heterocycles. The Morgan fingerprint density at radius 1 is 0.333 bits per heavy atom. The van der Waals surface area contributed by atoms with Gasteiger partial charge in [0.1, 0.15) is 0 Å². The molecule has 0 saturated heterocycles. The van der Waals surface area contributed by atoms with Gasteiger partial charge < -0.3 is 4.57 Å². The van der Waals surface area contributed by atoms with E-state index in [-0.39, 0.29) is 5.41 Å². The summed E-state index contributed by atoms with van der Waals surface area (Å²) < 4.78 is 2.24. The van der Waals surface area contributed by atoms with E-state index in [9.17, 15) is 0 Å². The maximum absolute atomic E-state index is 2.27. The van der Waals surface area contributed by atoms with Crippen LogP contribution in [0.1, 0.15) is 175 Å². The summed E-state index contributed by atoms with van der Waals surface area (Å²) in [6.07, 6.45) is 6.25. The standard InChI is InChI=1S/C13H11N.2C11H10.4C11H16.C10H14.C9H12/c1-14-12-8-4-2-6-10(12)11-7-3-5-9-13(11)14;1-9-5-4-7-10-6-2-3-8-11(9)10;1-9-6-7-10-4-2-3-5-11(10)8-9;1-9-5-7-10(8-6-9)11(2,3)4;1-9(2)8-11-6-4-10(3)5-7-11;1-4-10(3)11-7-5-9(2)6-8-11;1-3-4-5-11-8-6-10(2)7-9-11;1-7-5-8(2)10(4)9(3)6-7;1-7-4-8(2)6-9(3)5-7/h2-9H,1H3;2*2-8H,1H3;5-8H,1-4H3;4-7,9H,8H2,1-3H3;5-8,10H,4H2,1-3H3;6-9H,3-5H2,1-2H3;5-6H,1-4H3;4-6H,1-3H3. The fourth-order valence-electron chi connectivity index (χ4n) is 11.8. The number of aryl methyl sites for hydroxylation is 14. The van der Waals surface area contributed by atoms with Gasteiger partial charge in [0, 0.05) is 28.9 Å². The lowest BCUT2D eigenvalue weighted by molar-refractivity contribution is 0.590. The van der Waals surface area contributed by atoms with E-state index in [1.165, 1.54) is 170 Å². The molecule has 0 spiro atoms. The molecule has 12 aromatic carbocycles. The first-order valence-electron chi connectivity index (χ1n) is 36.3. The van der Waals surface area contributed by atoms with Crippen LogP contribution in [0.15, 0.2) is 261 Å². The highest BCUT2D eigenvalue weighted by molar-refractivity contribution is 6.07. The van der Waals surface area contributed by atoms with Crippen LogP contribution in [0.5, 0.6) is 0 Å². The van der Waals surface area contributed by atoms with Crippen molar-refractivity contribution in [1.29, 1.82) is 0 Å². The summed E-state index contributed by atoms with van der Waals surface area (Å²) in [5, 5.41) is 8.00. The number of para-hydroxylation sites is 2.